The maximum atomic E-state index is 12.6. The first-order valence-corrected chi connectivity index (χ1v) is 7.64. The van der Waals surface area contributed by atoms with E-state index in [0.29, 0.717) is 13.0 Å². The molecule has 1 aliphatic rings. The summed E-state index contributed by atoms with van der Waals surface area (Å²) in [7, 11) is 0. The van der Waals surface area contributed by atoms with Gasteiger partial charge in [-0.15, -0.1) is 0 Å². The Morgan fingerprint density at radius 2 is 1.96 bits per heavy atom. The third-order valence-electron chi connectivity index (χ3n) is 4.14. The first-order valence-electron chi connectivity index (χ1n) is 7.64. The molecule has 0 fully saturated rings. The average Bonchev–Trinajstić information content (AvgIpc) is 2.53. The molecule has 1 aromatic heterocycles. The largest absolute Gasteiger partial charge is 0.502 e. The van der Waals surface area contributed by atoms with Gasteiger partial charge in [0.2, 0.25) is 5.43 Å². The highest BCUT2D eigenvalue weighted by molar-refractivity contribution is 5.95. The van der Waals surface area contributed by atoms with E-state index < -0.39 is 11.2 Å². The minimum Gasteiger partial charge on any atom is -0.502 e. The minimum atomic E-state index is -0.631. The fraction of sp³-hybridized carbons (Fsp3) is 0.353. The lowest BCUT2D eigenvalue weighted by Crippen LogP contribution is -2.48. The van der Waals surface area contributed by atoms with Crippen molar-refractivity contribution in [2.24, 2.45) is 0 Å². The fourth-order valence-corrected chi connectivity index (χ4v) is 2.94. The van der Waals surface area contributed by atoms with E-state index >= 15 is 0 Å². The molecule has 1 aliphatic heterocycles. The van der Waals surface area contributed by atoms with E-state index in [-0.39, 0.29) is 23.7 Å². The molecule has 3 rings (SSSR count). The zero-order chi connectivity index (χ0) is 16.6. The quantitative estimate of drug-likeness (QED) is 0.934. The van der Waals surface area contributed by atoms with Gasteiger partial charge in [-0.1, -0.05) is 30.3 Å². The van der Waals surface area contributed by atoms with Crippen LogP contribution in [0.4, 0.5) is 0 Å². The van der Waals surface area contributed by atoms with Crippen molar-refractivity contribution in [1.29, 1.82) is 0 Å². The van der Waals surface area contributed by atoms with Crippen LogP contribution < -0.4 is 5.43 Å². The van der Waals surface area contributed by atoms with E-state index in [1.807, 2.05) is 44.2 Å². The lowest BCUT2D eigenvalue weighted by atomic mass is 10.0. The van der Waals surface area contributed by atoms with E-state index in [1.165, 1.54) is 4.68 Å². The summed E-state index contributed by atoms with van der Waals surface area (Å²) >= 11 is 0. The van der Waals surface area contributed by atoms with Crippen LogP contribution in [0, 0.1) is 0 Å². The van der Waals surface area contributed by atoms with Crippen molar-refractivity contribution in [3.8, 4) is 5.75 Å². The molecule has 1 atom stereocenters. The number of rotatable bonds is 3. The van der Waals surface area contributed by atoms with Crippen LogP contribution in [0.25, 0.3) is 0 Å². The second-order valence-electron chi connectivity index (χ2n) is 6.05. The predicted octanol–water partition coefficient (Wildman–Crippen LogP) is 1.60. The molecule has 0 aliphatic carbocycles. The average molecular weight is 313 g/mol. The molecule has 0 radical (unpaired) electrons. The molecule has 23 heavy (non-hydrogen) atoms. The van der Waals surface area contributed by atoms with E-state index in [9.17, 15) is 14.7 Å². The van der Waals surface area contributed by atoms with Crippen molar-refractivity contribution in [2.45, 2.75) is 32.4 Å². The lowest BCUT2D eigenvalue weighted by Gasteiger charge is -2.37. The molecule has 2 aromatic rings. The molecule has 1 amide bonds. The Bertz CT molecular complexity index is 783. The molecular weight excluding hydrogens is 294 g/mol. The highest BCUT2D eigenvalue weighted by Gasteiger charge is 2.35. The minimum absolute atomic E-state index is 0.0154. The molecule has 2 heterocycles. The Hall–Kier alpha value is -2.63. The van der Waals surface area contributed by atoms with Crippen LogP contribution in [0.15, 0.2) is 41.3 Å². The molecule has 0 bridgehead atoms. The molecular formula is C17H19N3O3. The summed E-state index contributed by atoms with van der Waals surface area (Å²) in [5, 5.41) is 14.2. The maximum absolute atomic E-state index is 12.6. The Labute approximate surface area is 134 Å². The van der Waals surface area contributed by atoms with E-state index in [1.54, 1.807) is 4.90 Å². The normalized spacial score (nSPS) is 17.4. The van der Waals surface area contributed by atoms with Crippen molar-refractivity contribution in [2.75, 3.05) is 6.54 Å². The number of aromatic hydroxyl groups is 1. The smallest absolute Gasteiger partial charge is 0.276 e. The molecule has 6 heteroatoms. The number of hydrogen-bond donors (Lipinski definition) is 1. The highest BCUT2D eigenvalue weighted by atomic mass is 16.3. The molecule has 0 saturated heterocycles. The van der Waals surface area contributed by atoms with Crippen molar-refractivity contribution >= 4 is 5.91 Å². The van der Waals surface area contributed by atoms with Crippen LogP contribution in [0.3, 0.4) is 0 Å². The molecule has 1 N–H and O–H groups in total. The SMILES string of the molecule is CC(C)N1C[C@H](Cc2ccccc2)n2ncc(=O)c(O)c2C1=O. The number of fused-ring (bicyclic) bond motifs is 1. The van der Waals surface area contributed by atoms with Crippen molar-refractivity contribution in [3.63, 3.8) is 0 Å². The van der Waals surface area contributed by atoms with Gasteiger partial charge in [0.25, 0.3) is 5.91 Å². The third-order valence-corrected chi connectivity index (χ3v) is 4.14. The Kier molecular flexibility index (Phi) is 3.90. The van der Waals surface area contributed by atoms with Gasteiger partial charge in [-0.25, -0.2) is 0 Å². The van der Waals surface area contributed by atoms with Crippen LogP contribution in [-0.2, 0) is 6.42 Å². The van der Waals surface area contributed by atoms with Gasteiger partial charge < -0.3 is 10.0 Å². The van der Waals surface area contributed by atoms with Gasteiger partial charge in [0.15, 0.2) is 11.4 Å². The van der Waals surface area contributed by atoms with Crippen molar-refractivity contribution in [3.05, 3.63) is 58.0 Å². The summed E-state index contributed by atoms with van der Waals surface area (Å²) in [6, 6.07) is 9.74. The summed E-state index contributed by atoms with van der Waals surface area (Å²) in [4.78, 5) is 25.9. The van der Waals surface area contributed by atoms with Crippen LogP contribution >= 0.6 is 0 Å². The van der Waals surface area contributed by atoms with Crippen LogP contribution in [0.5, 0.6) is 5.75 Å². The molecule has 6 nitrogen and oxygen atoms in total. The van der Waals surface area contributed by atoms with Crippen LogP contribution in [0.1, 0.15) is 35.9 Å². The number of aromatic nitrogens is 2. The van der Waals surface area contributed by atoms with Crippen molar-refractivity contribution < 1.29 is 9.90 Å². The first-order chi connectivity index (χ1) is 11.0. The van der Waals surface area contributed by atoms with Gasteiger partial charge in [0.1, 0.15) is 0 Å². The van der Waals surface area contributed by atoms with Crippen LogP contribution in [-0.4, -0.2) is 38.3 Å². The molecule has 0 saturated carbocycles. The molecule has 0 spiro atoms. The second-order valence-corrected chi connectivity index (χ2v) is 6.05. The summed E-state index contributed by atoms with van der Waals surface area (Å²) < 4.78 is 1.49. The molecule has 120 valence electrons. The third kappa shape index (κ3) is 2.72. The summed E-state index contributed by atoms with van der Waals surface area (Å²) in [5.74, 6) is -0.875. The fourth-order valence-electron chi connectivity index (χ4n) is 2.94. The Morgan fingerprint density at radius 1 is 1.26 bits per heavy atom. The number of hydrogen-bond acceptors (Lipinski definition) is 4. The second kappa shape index (κ2) is 5.87. The summed E-state index contributed by atoms with van der Waals surface area (Å²) in [6.45, 7) is 4.32. The van der Waals surface area contributed by atoms with E-state index in [0.717, 1.165) is 11.8 Å². The van der Waals surface area contributed by atoms with Gasteiger partial charge in [-0.05, 0) is 25.8 Å². The van der Waals surface area contributed by atoms with E-state index in [4.69, 9.17) is 0 Å². The van der Waals surface area contributed by atoms with Crippen molar-refractivity contribution in [1.82, 2.24) is 14.7 Å². The Balaban J connectivity index is 2.07. The topological polar surface area (TPSA) is 75.4 Å². The first kappa shape index (κ1) is 15.3. The number of benzene rings is 1. The number of amides is 1. The number of nitrogens with zero attached hydrogens (tertiary/aromatic N) is 3. The molecule has 1 aromatic carbocycles. The number of carbonyl (C=O) groups is 1. The predicted molar refractivity (Wildman–Crippen MR) is 85.5 cm³/mol. The zero-order valence-electron chi connectivity index (χ0n) is 13.1. The van der Waals surface area contributed by atoms with Gasteiger partial charge in [0, 0.05) is 12.6 Å². The monoisotopic (exact) mass is 313 g/mol. The standard InChI is InChI=1S/C17H19N3O3/c1-11(2)19-10-13(8-12-6-4-3-5-7-12)20-15(17(19)23)16(22)14(21)9-18-20/h3-7,9,11,13,22H,8,10H2,1-2H3/t13-/m0/s1. The maximum Gasteiger partial charge on any atom is 0.276 e. The van der Waals surface area contributed by atoms with Crippen LogP contribution in [0.2, 0.25) is 0 Å². The summed E-state index contributed by atoms with van der Waals surface area (Å²) in [6.07, 6.45) is 1.73. The number of carbonyl (C=O) groups excluding carboxylic acids is 1. The Morgan fingerprint density at radius 3 is 2.61 bits per heavy atom. The van der Waals surface area contributed by atoms with E-state index in [2.05, 4.69) is 5.10 Å². The zero-order valence-corrected chi connectivity index (χ0v) is 13.1. The highest BCUT2D eigenvalue weighted by Crippen LogP contribution is 2.27. The van der Waals surface area contributed by atoms with Gasteiger partial charge >= 0.3 is 0 Å². The summed E-state index contributed by atoms with van der Waals surface area (Å²) in [5.41, 5.74) is 0.466. The van der Waals surface area contributed by atoms with Gasteiger partial charge in [0.05, 0.1) is 12.2 Å². The molecule has 0 unspecified atom stereocenters. The van der Waals surface area contributed by atoms with Gasteiger partial charge in [-0.2, -0.15) is 5.10 Å². The lowest BCUT2D eigenvalue weighted by molar-refractivity contribution is 0.0581. The van der Waals surface area contributed by atoms with Gasteiger partial charge in [-0.3, -0.25) is 14.3 Å².